The van der Waals surface area contributed by atoms with E-state index in [0.717, 1.165) is 27.7 Å². The molecule has 16 heavy (non-hydrogen) atoms. The number of hydrogen-bond donors (Lipinski definition) is 3. The molecule has 0 radical (unpaired) electrons. The number of aryl methyl sites for hydroxylation is 2. The molecule has 0 bridgehead atoms. The topological polar surface area (TPSA) is 62.0 Å². The minimum absolute atomic E-state index is 0.266. The Hall–Kier alpha value is -1.48. The van der Waals surface area contributed by atoms with Crippen molar-refractivity contribution in [2.75, 3.05) is 0 Å². The zero-order valence-electron chi connectivity index (χ0n) is 10.2. The van der Waals surface area contributed by atoms with Crippen LogP contribution in [-0.4, -0.2) is 10.1 Å². The van der Waals surface area contributed by atoms with Crippen LogP contribution in [0.3, 0.4) is 0 Å². The molecule has 4 N–H and O–H groups in total. The maximum Gasteiger partial charge on any atom is 0.121 e. The molecular weight excluding hydrogens is 200 g/mol. The van der Waals surface area contributed by atoms with Crippen LogP contribution in [0.15, 0.2) is 12.1 Å². The molecule has 0 spiro atoms. The van der Waals surface area contributed by atoms with Crippen molar-refractivity contribution in [3.8, 4) is 5.75 Å². The molecule has 0 unspecified atom stereocenters. The number of aromatic hydroxyl groups is 1. The monoisotopic (exact) mass is 218 g/mol. The Morgan fingerprint density at radius 2 is 1.88 bits per heavy atom. The SMILES string of the molecule is Cc1[nH]c2ccc(O)c(C(C)(C)N)c2c1C. The van der Waals surface area contributed by atoms with Gasteiger partial charge in [-0.1, -0.05) is 0 Å². The quantitative estimate of drug-likeness (QED) is 0.689. The second-order valence-electron chi connectivity index (χ2n) is 4.98. The van der Waals surface area contributed by atoms with Gasteiger partial charge in [0, 0.05) is 27.7 Å². The van der Waals surface area contributed by atoms with E-state index in [-0.39, 0.29) is 5.75 Å². The van der Waals surface area contributed by atoms with E-state index in [9.17, 15) is 5.11 Å². The van der Waals surface area contributed by atoms with E-state index in [1.807, 2.05) is 33.8 Å². The molecule has 86 valence electrons. The Balaban J connectivity index is 2.94. The smallest absolute Gasteiger partial charge is 0.121 e. The van der Waals surface area contributed by atoms with Crippen LogP contribution in [0.4, 0.5) is 0 Å². The van der Waals surface area contributed by atoms with Gasteiger partial charge >= 0.3 is 0 Å². The fourth-order valence-corrected chi connectivity index (χ4v) is 2.22. The van der Waals surface area contributed by atoms with Gasteiger partial charge in [0.05, 0.1) is 0 Å². The summed E-state index contributed by atoms with van der Waals surface area (Å²) >= 11 is 0. The normalized spacial score (nSPS) is 12.3. The van der Waals surface area contributed by atoms with Crippen LogP contribution in [0, 0.1) is 13.8 Å². The first kappa shape index (κ1) is 11.0. The van der Waals surface area contributed by atoms with Crippen molar-refractivity contribution < 1.29 is 5.11 Å². The molecule has 1 aromatic heterocycles. The fourth-order valence-electron chi connectivity index (χ4n) is 2.22. The highest BCUT2D eigenvalue weighted by Gasteiger charge is 2.23. The van der Waals surface area contributed by atoms with E-state index >= 15 is 0 Å². The van der Waals surface area contributed by atoms with Crippen LogP contribution in [0.5, 0.6) is 5.75 Å². The molecule has 1 aromatic carbocycles. The van der Waals surface area contributed by atoms with Crippen LogP contribution >= 0.6 is 0 Å². The van der Waals surface area contributed by atoms with Crippen LogP contribution < -0.4 is 5.73 Å². The first-order valence-electron chi connectivity index (χ1n) is 5.42. The van der Waals surface area contributed by atoms with E-state index in [1.54, 1.807) is 6.07 Å². The highest BCUT2D eigenvalue weighted by Crippen LogP contribution is 2.36. The summed E-state index contributed by atoms with van der Waals surface area (Å²) in [6, 6.07) is 3.58. The Kier molecular flexibility index (Phi) is 2.24. The zero-order valence-corrected chi connectivity index (χ0v) is 10.2. The summed E-state index contributed by atoms with van der Waals surface area (Å²) in [5.41, 5.74) is 9.69. The van der Waals surface area contributed by atoms with Crippen molar-refractivity contribution in [2.24, 2.45) is 5.73 Å². The van der Waals surface area contributed by atoms with Crippen LogP contribution in [0.25, 0.3) is 10.9 Å². The van der Waals surface area contributed by atoms with Crippen molar-refractivity contribution in [3.05, 3.63) is 29.0 Å². The number of aromatic amines is 1. The second-order valence-corrected chi connectivity index (χ2v) is 4.98. The lowest BCUT2D eigenvalue weighted by atomic mass is 9.90. The van der Waals surface area contributed by atoms with Gasteiger partial charge in [0.1, 0.15) is 5.75 Å². The van der Waals surface area contributed by atoms with E-state index in [1.165, 1.54) is 0 Å². The second kappa shape index (κ2) is 3.25. The molecule has 0 atom stereocenters. The Morgan fingerprint density at radius 3 is 2.44 bits per heavy atom. The summed E-state index contributed by atoms with van der Waals surface area (Å²) in [6.45, 7) is 7.88. The summed E-state index contributed by atoms with van der Waals surface area (Å²) in [4.78, 5) is 3.30. The van der Waals surface area contributed by atoms with E-state index in [4.69, 9.17) is 5.73 Å². The van der Waals surface area contributed by atoms with Gasteiger partial charge in [-0.05, 0) is 45.4 Å². The number of aromatic nitrogens is 1. The molecule has 1 heterocycles. The third-order valence-corrected chi connectivity index (χ3v) is 3.09. The predicted octanol–water partition coefficient (Wildman–Crippen LogP) is 2.68. The van der Waals surface area contributed by atoms with Crippen molar-refractivity contribution in [1.82, 2.24) is 4.98 Å². The molecule has 2 rings (SSSR count). The maximum absolute atomic E-state index is 9.98. The third kappa shape index (κ3) is 1.48. The molecule has 0 aliphatic heterocycles. The van der Waals surface area contributed by atoms with Gasteiger partial charge in [-0.15, -0.1) is 0 Å². The van der Waals surface area contributed by atoms with Crippen LogP contribution in [0.2, 0.25) is 0 Å². The number of nitrogens with two attached hydrogens (primary N) is 1. The number of hydrogen-bond acceptors (Lipinski definition) is 2. The molecule has 2 aromatic rings. The Labute approximate surface area is 95.3 Å². The summed E-state index contributed by atoms with van der Waals surface area (Å²) < 4.78 is 0. The average molecular weight is 218 g/mol. The number of rotatable bonds is 1. The Bertz CT molecular complexity index is 547. The van der Waals surface area contributed by atoms with Crippen LogP contribution in [0.1, 0.15) is 30.7 Å². The maximum atomic E-state index is 9.98. The summed E-state index contributed by atoms with van der Waals surface area (Å²) in [5.74, 6) is 0.266. The minimum atomic E-state index is -0.553. The van der Waals surface area contributed by atoms with E-state index in [2.05, 4.69) is 4.98 Å². The lowest BCUT2D eigenvalue weighted by Crippen LogP contribution is -2.29. The third-order valence-electron chi connectivity index (χ3n) is 3.09. The predicted molar refractivity (Wildman–Crippen MR) is 66.7 cm³/mol. The van der Waals surface area contributed by atoms with E-state index in [0.29, 0.717) is 0 Å². The van der Waals surface area contributed by atoms with Gasteiger partial charge in [-0.25, -0.2) is 0 Å². The molecule has 0 aliphatic rings. The molecule has 0 saturated heterocycles. The molecule has 0 amide bonds. The van der Waals surface area contributed by atoms with Gasteiger partial charge in [0.15, 0.2) is 0 Å². The molecule has 0 aliphatic carbocycles. The zero-order chi connectivity index (χ0) is 12.1. The lowest BCUT2D eigenvalue weighted by molar-refractivity contribution is 0.443. The van der Waals surface area contributed by atoms with Crippen molar-refractivity contribution in [3.63, 3.8) is 0 Å². The van der Waals surface area contributed by atoms with Gasteiger partial charge in [0.2, 0.25) is 0 Å². The van der Waals surface area contributed by atoms with Crippen molar-refractivity contribution >= 4 is 10.9 Å². The first-order valence-corrected chi connectivity index (χ1v) is 5.42. The molecule has 3 heteroatoms. The summed E-state index contributed by atoms with van der Waals surface area (Å²) in [6.07, 6.45) is 0. The van der Waals surface area contributed by atoms with Crippen molar-refractivity contribution in [2.45, 2.75) is 33.2 Å². The molecule has 3 nitrogen and oxygen atoms in total. The number of H-pyrrole nitrogens is 1. The number of benzene rings is 1. The first-order chi connectivity index (χ1) is 7.32. The lowest BCUT2D eigenvalue weighted by Gasteiger charge is -2.22. The number of fused-ring (bicyclic) bond motifs is 1. The largest absolute Gasteiger partial charge is 0.508 e. The van der Waals surface area contributed by atoms with Gasteiger partial charge in [0.25, 0.3) is 0 Å². The minimum Gasteiger partial charge on any atom is -0.508 e. The fraction of sp³-hybridized carbons (Fsp3) is 0.385. The van der Waals surface area contributed by atoms with Gasteiger partial charge < -0.3 is 15.8 Å². The number of nitrogens with one attached hydrogen (secondary N) is 1. The van der Waals surface area contributed by atoms with Crippen molar-refractivity contribution in [1.29, 1.82) is 0 Å². The van der Waals surface area contributed by atoms with Crippen LogP contribution in [-0.2, 0) is 5.54 Å². The number of phenolic OH excluding ortho intramolecular Hbond substituents is 1. The summed E-state index contributed by atoms with van der Waals surface area (Å²) in [7, 11) is 0. The number of phenols is 1. The molecular formula is C13H18N2O. The highest BCUT2D eigenvalue weighted by atomic mass is 16.3. The Morgan fingerprint density at radius 1 is 1.25 bits per heavy atom. The van der Waals surface area contributed by atoms with Gasteiger partial charge in [-0.3, -0.25) is 0 Å². The van der Waals surface area contributed by atoms with E-state index < -0.39 is 5.54 Å². The summed E-state index contributed by atoms with van der Waals surface area (Å²) in [5, 5.41) is 11.0. The molecule has 0 saturated carbocycles. The highest BCUT2D eigenvalue weighted by molar-refractivity contribution is 5.90. The molecule has 0 fully saturated rings. The van der Waals surface area contributed by atoms with Gasteiger partial charge in [-0.2, -0.15) is 0 Å². The standard InChI is InChI=1S/C13H18N2O/c1-7-8(2)15-9-5-6-10(16)12(11(7)9)13(3,4)14/h5-6,15-16H,14H2,1-4H3. The average Bonchev–Trinajstić information content (AvgIpc) is 2.42.